The number of carbonyl (C=O) groups is 1. The standard InChI is InChI=1S/C35H56O2Si2/c1-7-8-13-28-15-18-30(19-16-28)31-20-22-32(23-21-31)34-26-29(17-24-33(34)35(36)37)14-11-9-10-12-25-39(5,6)27-38(2,3)4/h15-19,24,26,31-32H,7-14,20-23,25,27H2,1-6H3,(H,36,37)/p-1. The summed E-state index contributed by atoms with van der Waals surface area (Å²) in [5, 5.41) is 12.0. The van der Waals surface area contributed by atoms with Gasteiger partial charge in [0.25, 0.3) is 0 Å². The van der Waals surface area contributed by atoms with Crippen molar-refractivity contribution in [2.45, 2.75) is 140 Å². The zero-order valence-corrected chi connectivity index (χ0v) is 27.9. The average Bonchev–Trinajstić information content (AvgIpc) is 2.88. The van der Waals surface area contributed by atoms with E-state index in [4.69, 9.17) is 0 Å². The average molecular weight is 564 g/mol. The van der Waals surface area contributed by atoms with Gasteiger partial charge in [0, 0.05) is 21.7 Å². The van der Waals surface area contributed by atoms with Crippen LogP contribution in [-0.2, 0) is 12.8 Å². The summed E-state index contributed by atoms with van der Waals surface area (Å²) in [5.74, 6) is -0.0993. The predicted octanol–water partition coefficient (Wildman–Crippen LogP) is 9.52. The van der Waals surface area contributed by atoms with Gasteiger partial charge in [-0.3, -0.25) is 0 Å². The molecule has 0 aromatic heterocycles. The van der Waals surface area contributed by atoms with Crippen LogP contribution in [0.5, 0.6) is 0 Å². The molecule has 0 atom stereocenters. The van der Waals surface area contributed by atoms with E-state index >= 15 is 0 Å². The molecule has 0 unspecified atom stereocenters. The zero-order valence-electron chi connectivity index (χ0n) is 25.9. The quantitative estimate of drug-likeness (QED) is 0.160. The smallest absolute Gasteiger partial charge is 0.0718 e. The monoisotopic (exact) mass is 563 g/mol. The molecule has 0 aliphatic heterocycles. The summed E-state index contributed by atoms with van der Waals surface area (Å²) in [7, 11) is -2.00. The van der Waals surface area contributed by atoms with Crippen LogP contribution in [0.15, 0.2) is 42.5 Å². The van der Waals surface area contributed by atoms with Gasteiger partial charge in [-0.2, -0.15) is 0 Å². The first-order valence-corrected chi connectivity index (χ1v) is 23.0. The topological polar surface area (TPSA) is 40.1 Å². The normalized spacial score (nSPS) is 18.3. The first-order chi connectivity index (χ1) is 18.5. The van der Waals surface area contributed by atoms with E-state index in [2.05, 4.69) is 70.0 Å². The molecular weight excluding hydrogens is 509 g/mol. The lowest BCUT2D eigenvalue weighted by molar-refractivity contribution is -0.255. The van der Waals surface area contributed by atoms with Gasteiger partial charge in [-0.05, 0) is 85.5 Å². The van der Waals surface area contributed by atoms with Gasteiger partial charge in [0.1, 0.15) is 0 Å². The van der Waals surface area contributed by atoms with Gasteiger partial charge in [-0.25, -0.2) is 0 Å². The number of benzene rings is 2. The van der Waals surface area contributed by atoms with Crippen molar-refractivity contribution < 1.29 is 9.90 Å². The molecule has 1 aliphatic rings. The van der Waals surface area contributed by atoms with Crippen molar-refractivity contribution in [3.05, 3.63) is 70.3 Å². The Labute approximate surface area is 242 Å². The molecule has 4 heteroatoms. The summed E-state index contributed by atoms with van der Waals surface area (Å²) < 4.78 is 0. The zero-order chi connectivity index (χ0) is 28.5. The minimum absolute atomic E-state index is 0.330. The Morgan fingerprint density at radius 3 is 1.97 bits per heavy atom. The number of carboxylic acids is 1. The van der Waals surface area contributed by atoms with Gasteiger partial charge in [0.15, 0.2) is 0 Å². The van der Waals surface area contributed by atoms with Crippen molar-refractivity contribution in [2.24, 2.45) is 0 Å². The first kappa shape index (κ1) is 31.9. The fourth-order valence-electron chi connectivity index (χ4n) is 7.18. The molecular formula is C35H55O2Si2-. The van der Waals surface area contributed by atoms with E-state index < -0.39 is 22.1 Å². The number of rotatable bonds is 15. The third kappa shape index (κ3) is 10.7. The fourth-order valence-corrected chi connectivity index (χ4v) is 20.6. The van der Waals surface area contributed by atoms with E-state index in [0.717, 1.165) is 37.7 Å². The Hall–Kier alpha value is -1.66. The Bertz CT molecular complexity index is 1030. The number of hydrogen-bond acceptors (Lipinski definition) is 2. The van der Waals surface area contributed by atoms with Crippen molar-refractivity contribution >= 4 is 22.1 Å². The molecule has 0 amide bonds. The molecule has 0 spiro atoms. The van der Waals surface area contributed by atoms with Crippen LogP contribution < -0.4 is 5.11 Å². The summed E-state index contributed by atoms with van der Waals surface area (Å²) in [6, 6.07) is 16.8. The SMILES string of the molecule is CCCCc1ccc(C2CCC(c3cc(CCCCCC[Si](C)(C)C[Si](C)(C)C)ccc3C(=O)[O-])CC2)cc1. The molecule has 0 heterocycles. The molecule has 1 saturated carbocycles. The van der Waals surface area contributed by atoms with E-state index in [1.165, 1.54) is 67.7 Å². The summed E-state index contributed by atoms with van der Waals surface area (Å²) in [6.45, 7) is 15.0. The van der Waals surface area contributed by atoms with Crippen molar-refractivity contribution in [3.8, 4) is 0 Å². The molecule has 0 radical (unpaired) electrons. The summed E-state index contributed by atoms with van der Waals surface area (Å²) >= 11 is 0. The molecule has 0 N–H and O–H groups in total. The Morgan fingerprint density at radius 1 is 0.769 bits per heavy atom. The Morgan fingerprint density at radius 2 is 1.36 bits per heavy atom. The van der Waals surface area contributed by atoms with Crippen LogP contribution in [0.25, 0.3) is 0 Å². The lowest BCUT2D eigenvalue weighted by atomic mass is 9.74. The molecule has 39 heavy (non-hydrogen) atoms. The van der Waals surface area contributed by atoms with E-state index in [-0.39, 0.29) is 0 Å². The van der Waals surface area contributed by atoms with E-state index in [1.807, 2.05) is 12.1 Å². The van der Waals surface area contributed by atoms with Crippen LogP contribution >= 0.6 is 0 Å². The molecule has 2 aromatic rings. The van der Waals surface area contributed by atoms with E-state index in [0.29, 0.717) is 17.4 Å². The number of aromatic carboxylic acids is 1. The Kier molecular flexibility index (Phi) is 12.1. The second kappa shape index (κ2) is 14.8. The van der Waals surface area contributed by atoms with Crippen LogP contribution in [0.3, 0.4) is 0 Å². The number of carbonyl (C=O) groups excluding carboxylic acids is 1. The maximum atomic E-state index is 12.0. The molecule has 1 fully saturated rings. The van der Waals surface area contributed by atoms with Crippen LogP contribution in [0.4, 0.5) is 0 Å². The van der Waals surface area contributed by atoms with Gasteiger partial charge >= 0.3 is 0 Å². The van der Waals surface area contributed by atoms with Gasteiger partial charge in [-0.1, -0.05) is 120 Å². The molecule has 1 aliphatic carbocycles. The highest BCUT2D eigenvalue weighted by Gasteiger charge is 2.28. The van der Waals surface area contributed by atoms with E-state index in [9.17, 15) is 9.90 Å². The third-order valence-corrected chi connectivity index (χ3v) is 18.6. The minimum Gasteiger partial charge on any atom is -0.545 e. The second-order valence-electron chi connectivity index (χ2n) is 14.4. The van der Waals surface area contributed by atoms with Gasteiger partial charge in [0.2, 0.25) is 0 Å². The summed E-state index contributed by atoms with van der Waals surface area (Å²) in [4.78, 5) is 12.0. The molecule has 2 nitrogen and oxygen atoms in total. The summed E-state index contributed by atoms with van der Waals surface area (Å²) in [6.07, 6.45) is 14.3. The maximum Gasteiger partial charge on any atom is 0.0718 e. The van der Waals surface area contributed by atoms with Crippen LogP contribution in [0, 0.1) is 0 Å². The van der Waals surface area contributed by atoms with Gasteiger partial charge in [0.05, 0.1) is 5.97 Å². The number of carboxylic acid groups (broad SMARTS) is 1. The number of unbranched alkanes of at least 4 members (excludes halogenated alkanes) is 4. The lowest BCUT2D eigenvalue weighted by Gasteiger charge is -2.31. The second-order valence-corrected chi connectivity index (χ2v) is 25.8. The summed E-state index contributed by atoms with van der Waals surface area (Å²) in [5.41, 5.74) is 7.18. The maximum absolute atomic E-state index is 12.0. The highest BCUT2D eigenvalue weighted by Crippen LogP contribution is 2.41. The van der Waals surface area contributed by atoms with Crippen molar-refractivity contribution in [1.82, 2.24) is 0 Å². The highest BCUT2D eigenvalue weighted by atomic mass is 28.4. The first-order valence-electron chi connectivity index (χ1n) is 15.9. The van der Waals surface area contributed by atoms with Gasteiger partial charge in [-0.15, -0.1) is 0 Å². The Balaban J connectivity index is 1.51. The highest BCUT2D eigenvalue weighted by molar-refractivity contribution is 6.94. The van der Waals surface area contributed by atoms with E-state index in [1.54, 1.807) is 5.67 Å². The fraction of sp³-hybridized carbons (Fsp3) is 0.629. The third-order valence-electron chi connectivity index (χ3n) is 8.85. The molecule has 216 valence electrons. The van der Waals surface area contributed by atoms with Crippen LogP contribution in [0.1, 0.15) is 116 Å². The lowest BCUT2D eigenvalue weighted by Crippen LogP contribution is -2.37. The van der Waals surface area contributed by atoms with Crippen molar-refractivity contribution in [3.63, 3.8) is 0 Å². The minimum atomic E-state index is -1.04. The number of aryl methyl sites for hydroxylation is 2. The van der Waals surface area contributed by atoms with Gasteiger partial charge < -0.3 is 9.90 Å². The molecule has 0 saturated heterocycles. The van der Waals surface area contributed by atoms with Crippen LogP contribution in [-0.4, -0.2) is 22.1 Å². The van der Waals surface area contributed by atoms with Crippen LogP contribution in [0.2, 0.25) is 44.4 Å². The molecule has 0 bridgehead atoms. The predicted molar refractivity (Wildman–Crippen MR) is 172 cm³/mol. The van der Waals surface area contributed by atoms with Crippen molar-refractivity contribution in [2.75, 3.05) is 0 Å². The molecule has 2 aromatic carbocycles. The largest absolute Gasteiger partial charge is 0.545 e. The molecule has 3 rings (SSSR count). The number of hydrogen-bond donors (Lipinski definition) is 0. The van der Waals surface area contributed by atoms with Crippen molar-refractivity contribution in [1.29, 1.82) is 0 Å².